The maximum atomic E-state index is 14.7. The molecule has 1 aromatic heterocycles. The Balaban J connectivity index is 1.81. The number of carbonyl (C=O) groups is 1. The van der Waals surface area contributed by atoms with Gasteiger partial charge < -0.3 is 10.3 Å². The number of fused-ring (bicyclic) bond motifs is 3. The lowest BCUT2D eigenvalue weighted by molar-refractivity contribution is 0.100. The number of hydrogen-bond acceptors (Lipinski definition) is 1. The zero-order chi connectivity index (χ0) is 22.4. The SMILES string of the molecule is NC(=O)c1cccc2c1c1[c]cc(-c3ccc(Cl)cc3)cc1n2Cc1cccc(Cl)c1F. The van der Waals surface area contributed by atoms with Gasteiger partial charge in [-0.25, -0.2) is 4.39 Å². The van der Waals surface area contributed by atoms with Crippen LogP contribution in [0, 0.1) is 11.9 Å². The minimum atomic E-state index is -0.529. The van der Waals surface area contributed by atoms with Gasteiger partial charge in [0, 0.05) is 26.9 Å². The van der Waals surface area contributed by atoms with Crippen LogP contribution < -0.4 is 5.73 Å². The number of carbonyl (C=O) groups excluding carboxylic acids is 1. The van der Waals surface area contributed by atoms with Crippen LogP contribution in [0.5, 0.6) is 0 Å². The molecule has 0 aliphatic heterocycles. The number of aromatic nitrogens is 1. The van der Waals surface area contributed by atoms with E-state index in [9.17, 15) is 9.18 Å². The second kappa shape index (κ2) is 7.97. The van der Waals surface area contributed by atoms with Gasteiger partial charge in [0.1, 0.15) is 5.82 Å². The third-order valence-electron chi connectivity index (χ3n) is 5.60. The van der Waals surface area contributed by atoms with Gasteiger partial charge in [-0.2, -0.15) is 0 Å². The van der Waals surface area contributed by atoms with Gasteiger partial charge in [-0.05, 0) is 59.7 Å². The average molecular weight is 462 g/mol. The molecule has 1 radical (unpaired) electrons. The van der Waals surface area contributed by atoms with Crippen LogP contribution >= 0.6 is 23.2 Å². The molecule has 0 bridgehead atoms. The van der Waals surface area contributed by atoms with Crippen LogP contribution in [0.4, 0.5) is 4.39 Å². The van der Waals surface area contributed by atoms with Gasteiger partial charge in [-0.15, -0.1) is 0 Å². The van der Waals surface area contributed by atoms with Crippen molar-refractivity contribution in [3.63, 3.8) is 0 Å². The van der Waals surface area contributed by atoms with E-state index in [2.05, 4.69) is 6.07 Å². The molecule has 0 unspecified atom stereocenters. The number of halogens is 3. The van der Waals surface area contributed by atoms with Crippen LogP contribution in [-0.4, -0.2) is 10.5 Å². The van der Waals surface area contributed by atoms with Crippen molar-refractivity contribution in [2.75, 3.05) is 0 Å². The molecule has 0 aliphatic carbocycles. The van der Waals surface area contributed by atoms with Gasteiger partial charge >= 0.3 is 0 Å². The summed E-state index contributed by atoms with van der Waals surface area (Å²) in [6.45, 7) is 0.229. The Morgan fingerprint density at radius 3 is 2.47 bits per heavy atom. The molecule has 157 valence electrons. The highest BCUT2D eigenvalue weighted by atomic mass is 35.5. The van der Waals surface area contributed by atoms with E-state index in [1.807, 2.05) is 47.0 Å². The van der Waals surface area contributed by atoms with E-state index < -0.39 is 11.7 Å². The lowest BCUT2D eigenvalue weighted by Crippen LogP contribution is -2.11. The summed E-state index contributed by atoms with van der Waals surface area (Å²) in [4.78, 5) is 12.2. The maximum Gasteiger partial charge on any atom is 0.249 e. The molecular formula is C26H16Cl2FN2O. The molecule has 5 rings (SSSR count). The molecule has 1 amide bonds. The number of nitrogens with two attached hydrogens (primary N) is 1. The van der Waals surface area contributed by atoms with E-state index in [-0.39, 0.29) is 11.6 Å². The second-order valence-electron chi connectivity index (χ2n) is 7.52. The molecule has 32 heavy (non-hydrogen) atoms. The van der Waals surface area contributed by atoms with Crippen molar-refractivity contribution in [1.29, 1.82) is 0 Å². The Bertz CT molecular complexity index is 1510. The molecule has 4 aromatic carbocycles. The lowest BCUT2D eigenvalue weighted by atomic mass is 10.0. The van der Waals surface area contributed by atoms with Gasteiger partial charge in [-0.1, -0.05) is 53.5 Å². The summed E-state index contributed by atoms with van der Waals surface area (Å²) in [6, 6.07) is 25.0. The molecule has 0 spiro atoms. The number of rotatable bonds is 4. The Kier molecular flexibility index (Phi) is 5.12. The van der Waals surface area contributed by atoms with Crippen molar-refractivity contribution < 1.29 is 9.18 Å². The Hall–Kier alpha value is -3.34. The first kappa shape index (κ1) is 20.6. The van der Waals surface area contributed by atoms with E-state index in [0.29, 0.717) is 21.5 Å². The van der Waals surface area contributed by atoms with Crippen LogP contribution in [0.25, 0.3) is 32.9 Å². The number of benzene rings is 4. The molecule has 6 heteroatoms. The summed E-state index contributed by atoms with van der Waals surface area (Å²) in [6.07, 6.45) is 0. The van der Waals surface area contributed by atoms with E-state index in [1.165, 1.54) is 6.07 Å². The van der Waals surface area contributed by atoms with Crippen molar-refractivity contribution in [3.8, 4) is 11.1 Å². The topological polar surface area (TPSA) is 48.0 Å². The third-order valence-corrected chi connectivity index (χ3v) is 6.14. The minimum Gasteiger partial charge on any atom is -0.366 e. The number of amides is 1. The standard InChI is InChI=1S/C26H16Cl2FN2O/c27-18-10-7-15(8-11-18)16-9-12-19-23(13-16)31(14-17-3-1-5-21(28)25(17)29)22-6-2-4-20(24(19)22)26(30)32/h1-11,13H,14H2,(H2,30,32). The molecule has 0 saturated heterocycles. The lowest BCUT2D eigenvalue weighted by Gasteiger charge is -2.11. The third kappa shape index (κ3) is 3.42. The van der Waals surface area contributed by atoms with E-state index in [1.54, 1.807) is 24.3 Å². The van der Waals surface area contributed by atoms with Crippen LogP contribution in [0.1, 0.15) is 15.9 Å². The smallest absolute Gasteiger partial charge is 0.249 e. The highest BCUT2D eigenvalue weighted by molar-refractivity contribution is 6.31. The predicted octanol–water partition coefficient (Wildman–Crippen LogP) is 6.85. The first-order valence-electron chi connectivity index (χ1n) is 9.89. The fourth-order valence-corrected chi connectivity index (χ4v) is 4.40. The molecule has 0 aliphatic rings. The van der Waals surface area contributed by atoms with Crippen molar-refractivity contribution in [2.24, 2.45) is 5.73 Å². The van der Waals surface area contributed by atoms with Crippen LogP contribution in [-0.2, 0) is 6.54 Å². The molecule has 3 nitrogen and oxygen atoms in total. The fourth-order valence-electron chi connectivity index (χ4n) is 4.08. The minimum absolute atomic E-state index is 0.0644. The van der Waals surface area contributed by atoms with Crippen molar-refractivity contribution in [1.82, 2.24) is 4.57 Å². The molecule has 0 atom stereocenters. The summed E-state index contributed by atoms with van der Waals surface area (Å²) >= 11 is 12.0. The summed E-state index contributed by atoms with van der Waals surface area (Å²) in [7, 11) is 0. The van der Waals surface area contributed by atoms with Gasteiger partial charge in [-0.3, -0.25) is 4.79 Å². The number of hydrogen-bond donors (Lipinski definition) is 1. The summed E-state index contributed by atoms with van der Waals surface area (Å²) in [5.74, 6) is -0.994. The monoisotopic (exact) mass is 461 g/mol. The van der Waals surface area contributed by atoms with Crippen molar-refractivity contribution in [3.05, 3.63) is 106 Å². The van der Waals surface area contributed by atoms with Crippen molar-refractivity contribution >= 4 is 50.9 Å². The Morgan fingerprint density at radius 1 is 0.969 bits per heavy atom. The summed E-state index contributed by atoms with van der Waals surface area (Å²) < 4.78 is 16.7. The fraction of sp³-hybridized carbons (Fsp3) is 0.0385. The average Bonchev–Trinajstić information content (AvgIpc) is 3.10. The molecule has 5 aromatic rings. The first-order valence-corrected chi connectivity index (χ1v) is 10.6. The van der Waals surface area contributed by atoms with Gasteiger partial charge in [0.05, 0.1) is 22.6 Å². The van der Waals surface area contributed by atoms with Crippen molar-refractivity contribution in [2.45, 2.75) is 6.54 Å². The Labute approximate surface area is 193 Å². The van der Waals surface area contributed by atoms with E-state index in [4.69, 9.17) is 28.9 Å². The zero-order valence-electron chi connectivity index (χ0n) is 16.7. The molecule has 1 heterocycles. The van der Waals surface area contributed by atoms with Gasteiger partial charge in [0.25, 0.3) is 0 Å². The molecule has 0 saturated carbocycles. The molecule has 0 fully saturated rings. The highest BCUT2D eigenvalue weighted by Crippen LogP contribution is 2.35. The van der Waals surface area contributed by atoms with Gasteiger partial charge in [0.2, 0.25) is 5.91 Å². The second-order valence-corrected chi connectivity index (χ2v) is 8.36. The zero-order valence-corrected chi connectivity index (χ0v) is 18.2. The van der Waals surface area contributed by atoms with Crippen LogP contribution in [0.15, 0.2) is 72.8 Å². The van der Waals surface area contributed by atoms with E-state index in [0.717, 1.165) is 27.5 Å². The first-order chi connectivity index (χ1) is 15.4. The predicted molar refractivity (Wildman–Crippen MR) is 128 cm³/mol. The van der Waals surface area contributed by atoms with Crippen LogP contribution in [0.2, 0.25) is 10.0 Å². The number of nitrogens with zero attached hydrogens (tertiary/aromatic N) is 1. The summed E-state index contributed by atoms with van der Waals surface area (Å²) in [5, 5.41) is 2.15. The number of primary amides is 1. The van der Waals surface area contributed by atoms with Gasteiger partial charge in [0.15, 0.2) is 0 Å². The Morgan fingerprint density at radius 2 is 1.72 bits per heavy atom. The molecular weight excluding hydrogens is 446 g/mol. The highest BCUT2D eigenvalue weighted by Gasteiger charge is 2.18. The van der Waals surface area contributed by atoms with Crippen LogP contribution in [0.3, 0.4) is 0 Å². The van der Waals surface area contributed by atoms with E-state index >= 15 is 0 Å². The molecule has 2 N–H and O–H groups in total. The summed E-state index contributed by atoms with van der Waals surface area (Å²) in [5.41, 5.74) is 9.96. The maximum absolute atomic E-state index is 14.7. The normalized spacial score (nSPS) is 11.3. The quantitative estimate of drug-likeness (QED) is 0.312. The largest absolute Gasteiger partial charge is 0.366 e.